The van der Waals surface area contributed by atoms with Gasteiger partial charge in [-0.25, -0.2) is 4.79 Å². The van der Waals surface area contributed by atoms with Crippen LogP contribution in [0.3, 0.4) is 0 Å². The van der Waals surface area contributed by atoms with Crippen LogP contribution >= 0.6 is 0 Å². The summed E-state index contributed by atoms with van der Waals surface area (Å²) in [6.45, 7) is 1.34. The van der Waals surface area contributed by atoms with E-state index in [-0.39, 0.29) is 5.56 Å². The van der Waals surface area contributed by atoms with Crippen LogP contribution in [-0.4, -0.2) is 24.3 Å². The van der Waals surface area contributed by atoms with Crippen LogP contribution in [0.2, 0.25) is 0 Å². The maximum Gasteiger partial charge on any atom is 0.573 e. The summed E-state index contributed by atoms with van der Waals surface area (Å²) in [4.78, 5) is 24.1. The Hall–Kier alpha value is -3.54. The summed E-state index contributed by atoms with van der Waals surface area (Å²) in [5.41, 5.74) is 0.657. The number of hydrogen-bond acceptors (Lipinski definition) is 5. The van der Waals surface area contributed by atoms with E-state index in [1.54, 1.807) is 18.2 Å². The molecule has 1 atom stereocenters. The topological polar surface area (TPSA) is 88.4 Å². The molecule has 9 heteroatoms. The van der Waals surface area contributed by atoms with Crippen molar-refractivity contribution in [2.75, 3.05) is 5.32 Å². The number of nitrogens with one attached hydrogen (secondary N) is 1. The van der Waals surface area contributed by atoms with Gasteiger partial charge in [0, 0.05) is 5.69 Å². The lowest BCUT2D eigenvalue weighted by molar-refractivity contribution is -0.274. The predicted octanol–water partition coefficient (Wildman–Crippen LogP) is 3.64. The van der Waals surface area contributed by atoms with Crippen molar-refractivity contribution < 1.29 is 32.2 Å². The maximum atomic E-state index is 12.1. The SMILES string of the molecule is C[C@H](OC(=O)c1ccc(OC(F)(F)F)cc1)C(=O)Nc1cccc(C#N)c1. The molecule has 0 unspecified atom stereocenters. The highest BCUT2D eigenvalue weighted by molar-refractivity contribution is 5.97. The number of nitrogens with zero attached hydrogens (tertiary/aromatic N) is 1. The number of rotatable bonds is 5. The van der Waals surface area contributed by atoms with Crippen molar-refractivity contribution in [2.24, 2.45) is 0 Å². The van der Waals surface area contributed by atoms with Crippen molar-refractivity contribution >= 4 is 17.6 Å². The van der Waals surface area contributed by atoms with Gasteiger partial charge in [0.15, 0.2) is 6.10 Å². The zero-order valence-corrected chi connectivity index (χ0v) is 13.9. The molecule has 140 valence electrons. The lowest BCUT2D eigenvalue weighted by atomic mass is 10.2. The number of halogens is 3. The molecule has 0 aliphatic rings. The summed E-state index contributed by atoms with van der Waals surface area (Å²) in [5, 5.41) is 11.3. The monoisotopic (exact) mass is 378 g/mol. The molecule has 0 aromatic heterocycles. The number of amides is 1. The summed E-state index contributed by atoms with van der Waals surface area (Å²) in [6, 6.07) is 12.2. The number of hydrogen-bond donors (Lipinski definition) is 1. The molecule has 1 N–H and O–H groups in total. The molecule has 0 radical (unpaired) electrons. The molecular weight excluding hydrogens is 365 g/mol. The van der Waals surface area contributed by atoms with Crippen LogP contribution < -0.4 is 10.1 Å². The van der Waals surface area contributed by atoms with E-state index in [4.69, 9.17) is 10.00 Å². The van der Waals surface area contributed by atoms with Gasteiger partial charge in [-0.3, -0.25) is 4.79 Å². The molecule has 2 rings (SSSR count). The number of esters is 1. The fraction of sp³-hybridized carbons (Fsp3) is 0.167. The molecule has 2 aromatic carbocycles. The van der Waals surface area contributed by atoms with E-state index in [0.717, 1.165) is 24.3 Å². The lowest BCUT2D eigenvalue weighted by Crippen LogP contribution is -2.30. The molecule has 1 amide bonds. The van der Waals surface area contributed by atoms with Crippen molar-refractivity contribution in [3.63, 3.8) is 0 Å². The van der Waals surface area contributed by atoms with Gasteiger partial charge >= 0.3 is 12.3 Å². The standard InChI is InChI=1S/C18H13F3N2O4/c1-11(16(24)23-14-4-2-3-12(9-14)10-22)26-17(25)13-5-7-15(8-6-13)27-18(19,20)21/h2-9,11H,1H3,(H,23,24)/t11-/m0/s1. The minimum Gasteiger partial charge on any atom is -0.449 e. The summed E-state index contributed by atoms with van der Waals surface area (Å²) in [5.74, 6) is -2.00. The molecule has 0 aliphatic carbocycles. The molecule has 0 saturated carbocycles. The van der Waals surface area contributed by atoms with Crippen LogP contribution in [-0.2, 0) is 9.53 Å². The second-order valence-electron chi connectivity index (χ2n) is 5.30. The van der Waals surface area contributed by atoms with E-state index in [1.165, 1.54) is 13.0 Å². The van der Waals surface area contributed by atoms with E-state index in [1.807, 2.05) is 6.07 Å². The van der Waals surface area contributed by atoms with Crippen molar-refractivity contribution in [3.8, 4) is 11.8 Å². The fourth-order valence-electron chi connectivity index (χ4n) is 1.99. The van der Waals surface area contributed by atoms with E-state index < -0.39 is 30.1 Å². The highest BCUT2D eigenvalue weighted by Gasteiger charge is 2.31. The van der Waals surface area contributed by atoms with Gasteiger partial charge in [0.25, 0.3) is 5.91 Å². The lowest BCUT2D eigenvalue weighted by Gasteiger charge is -2.14. The highest BCUT2D eigenvalue weighted by Crippen LogP contribution is 2.23. The summed E-state index contributed by atoms with van der Waals surface area (Å²) >= 11 is 0. The Morgan fingerprint density at radius 1 is 1.15 bits per heavy atom. The highest BCUT2D eigenvalue weighted by atomic mass is 19.4. The first-order valence-electron chi connectivity index (χ1n) is 7.56. The average molecular weight is 378 g/mol. The van der Waals surface area contributed by atoms with Crippen molar-refractivity contribution in [3.05, 3.63) is 59.7 Å². The third-order valence-corrected chi connectivity index (χ3v) is 3.24. The largest absolute Gasteiger partial charge is 0.573 e. The van der Waals surface area contributed by atoms with Gasteiger partial charge in [0.1, 0.15) is 5.75 Å². The van der Waals surface area contributed by atoms with Crippen LogP contribution in [0.4, 0.5) is 18.9 Å². The number of carbonyl (C=O) groups excluding carboxylic acids is 2. The van der Waals surface area contributed by atoms with Crippen molar-refractivity contribution in [2.45, 2.75) is 19.4 Å². The number of ether oxygens (including phenoxy) is 2. The smallest absolute Gasteiger partial charge is 0.449 e. The Morgan fingerprint density at radius 3 is 2.41 bits per heavy atom. The number of benzene rings is 2. The van der Waals surface area contributed by atoms with Crippen LogP contribution in [0.1, 0.15) is 22.8 Å². The van der Waals surface area contributed by atoms with Gasteiger partial charge in [0.2, 0.25) is 0 Å². The Bertz CT molecular complexity index is 873. The van der Waals surface area contributed by atoms with E-state index in [0.29, 0.717) is 11.3 Å². The third-order valence-electron chi connectivity index (χ3n) is 3.24. The molecule has 6 nitrogen and oxygen atoms in total. The molecule has 0 bridgehead atoms. The molecule has 0 fully saturated rings. The van der Waals surface area contributed by atoms with E-state index in [2.05, 4.69) is 10.1 Å². The Morgan fingerprint density at radius 2 is 1.81 bits per heavy atom. The van der Waals surface area contributed by atoms with Crippen LogP contribution in [0.5, 0.6) is 5.75 Å². The van der Waals surface area contributed by atoms with E-state index >= 15 is 0 Å². The molecular formula is C18H13F3N2O4. The first-order valence-corrected chi connectivity index (χ1v) is 7.56. The third kappa shape index (κ3) is 6.04. The van der Waals surface area contributed by atoms with Crippen LogP contribution in [0, 0.1) is 11.3 Å². The number of nitriles is 1. The summed E-state index contributed by atoms with van der Waals surface area (Å²) in [6.07, 6.45) is -6.01. The molecule has 0 heterocycles. The quantitative estimate of drug-likeness (QED) is 0.803. The Labute approximate surface area is 152 Å². The summed E-state index contributed by atoms with van der Waals surface area (Å²) in [7, 11) is 0. The normalized spacial score (nSPS) is 11.8. The zero-order valence-electron chi connectivity index (χ0n) is 13.9. The number of carbonyl (C=O) groups is 2. The molecule has 2 aromatic rings. The maximum absolute atomic E-state index is 12.1. The Balaban J connectivity index is 1.96. The van der Waals surface area contributed by atoms with Gasteiger partial charge in [-0.2, -0.15) is 5.26 Å². The minimum atomic E-state index is -4.84. The van der Waals surface area contributed by atoms with Gasteiger partial charge in [-0.15, -0.1) is 13.2 Å². The van der Waals surface area contributed by atoms with Crippen LogP contribution in [0.15, 0.2) is 48.5 Å². The van der Waals surface area contributed by atoms with E-state index in [9.17, 15) is 22.8 Å². The second-order valence-corrected chi connectivity index (χ2v) is 5.30. The molecule has 27 heavy (non-hydrogen) atoms. The second kappa shape index (κ2) is 8.23. The van der Waals surface area contributed by atoms with Gasteiger partial charge < -0.3 is 14.8 Å². The number of alkyl halides is 3. The Kier molecular flexibility index (Phi) is 6.03. The number of anilines is 1. The molecule has 0 spiro atoms. The van der Waals surface area contributed by atoms with Gasteiger partial charge in [-0.05, 0) is 49.4 Å². The minimum absolute atomic E-state index is 0.0457. The first-order chi connectivity index (χ1) is 12.7. The summed E-state index contributed by atoms with van der Waals surface area (Å²) < 4.78 is 45.0. The van der Waals surface area contributed by atoms with Gasteiger partial charge in [0.05, 0.1) is 17.2 Å². The van der Waals surface area contributed by atoms with Crippen LogP contribution in [0.25, 0.3) is 0 Å². The average Bonchev–Trinajstić information content (AvgIpc) is 2.61. The van der Waals surface area contributed by atoms with Crippen molar-refractivity contribution in [1.29, 1.82) is 5.26 Å². The molecule has 0 saturated heterocycles. The fourth-order valence-corrected chi connectivity index (χ4v) is 1.99. The molecule has 0 aliphatic heterocycles. The van der Waals surface area contributed by atoms with Gasteiger partial charge in [-0.1, -0.05) is 6.07 Å². The van der Waals surface area contributed by atoms with Crippen molar-refractivity contribution in [1.82, 2.24) is 0 Å². The zero-order chi connectivity index (χ0) is 20.0. The first kappa shape index (κ1) is 19.8. The predicted molar refractivity (Wildman–Crippen MR) is 87.8 cm³/mol.